The summed E-state index contributed by atoms with van der Waals surface area (Å²) in [5.41, 5.74) is -0.00287. The summed E-state index contributed by atoms with van der Waals surface area (Å²) in [6.07, 6.45) is 4.97. The zero-order valence-corrected chi connectivity index (χ0v) is 12.9. The minimum absolute atomic E-state index is 0.00287. The lowest BCUT2D eigenvalue weighted by molar-refractivity contribution is 0.216. The minimum atomic E-state index is -0.00287. The predicted octanol–water partition coefficient (Wildman–Crippen LogP) is 3.50. The topological polar surface area (TPSA) is 34.9 Å². The maximum absolute atomic E-state index is 12.1. The van der Waals surface area contributed by atoms with Crippen LogP contribution in [0.5, 0.6) is 0 Å². The van der Waals surface area contributed by atoms with Gasteiger partial charge in [-0.1, -0.05) is 25.4 Å². The summed E-state index contributed by atoms with van der Waals surface area (Å²) < 4.78 is 2.29. The van der Waals surface area contributed by atoms with E-state index in [-0.39, 0.29) is 11.6 Å². The van der Waals surface area contributed by atoms with Gasteiger partial charge in [0.25, 0.3) is 5.56 Å². The summed E-state index contributed by atoms with van der Waals surface area (Å²) >= 11 is 7.82. The molecule has 5 heteroatoms. The molecule has 1 aromatic rings. The van der Waals surface area contributed by atoms with Gasteiger partial charge in [0.05, 0.1) is 6.33 Å². The lowest BCUT2D eigenvalue weighted by Crippen LogP contribution is -2.32. The molecular weight excluding hydrogens is 351 g/mol. The summed E-state index contributed by atoms with van der Waals surface area (Å²) in [6, 6.07) is 0.277. The number of hydrogen-bond donors (Lipinski definition) is 0. The summed E-state index contributed by atoms with van der Waals surface area (Å²) in [7, 11) is 0. The molecule has 0 spiro atoms. The molecular formula is C12H16ClIN2O. The van der Waals surface area contributed by atoms with Crippen molar-refractivity contribution in [2.24, 2.45) is 11.8 Å². The average molecular weight is 367 g/mol. The monoisotopic (exact) mass is 366 g/mol. The Morgan fingerprint density at radius 1 is 1.35 bits per heavy atom. The molecule has 0 aliphatic heterocycles. The lowest BCUT2D eigenvalue weighted by atomic mass is 9.80. The Morgan fingerprint density at radius 2 is 1.94 bits per heavy atom. The zero-order chi connectivity index (χ0) is 12.6. The molecule has 17 heavy (non-hydrogen) atoms. The van der Waals surface area contributed by atoms with E-state index < -0.39 is 0 Å². The van der Waals surface area contributed by atoms with E-state index in [1.54, 1.807) is 10.9 Å². The molecule has 1 saturated carbocycles. The highest BCUT2D eigenvalue weighted by Gasteiger charge is 2.26. The fourth-order valence-corrected chi connectivity index (χ4v) is 3.36. The van der Waals surface area contributed by atoms with Gasteiger partial charge in [0.1, 0.15) is 8.72 Å². The van der Waals surface area contributed by atoms with Crippen LogP contribution in [-0.4, -0.2) is 9.55 Å². The van der Waals surface area contributed by atoms with Crippen LogP contribution in [0.4, 0.5) is 0 Å². The van der Waals surface area contributed by atoms with E-state index in [9.17, 15) is 4.79 Å². The Bertz CT molecular complexity index is 464. The molecule has 0 aromatic carbocycles. The molecule has 1 aliphatic carbocycles. The van der Waals surface area contributed by atoms with E-state index in [4.69, 9.17) is 11.6 Å². The fourth-order valence-electron chi connectivity index (χ4n) is 2.82. The molecule has 0 radical (unpaired) electrons. The molecule has 2 rings (SSSR count). The molecule has 0 N–H and O–H groups in total. The van der Waals surface area contributed by atoms with Crippen LogP contribution in [-0.2, 0) is 0 Å². The number of halogens is 2. The quantitative estimate of drug-likeness (QED) is 0.563. The first-order chi connectivity index (χ1) is 7.99. The Labute approximate surface area is 120 Å². The molecule has 1 fully saturated rings. The Hall–Kier alpha value is -0.100. The zero-order valence-electron chi connectivity index (χ0n) is 9.99. The van der Waals surface area contributed by atoms with Crippen molar-refractivity contribution in [1.29, 1.82) is 0 Å². The van der Waals surface area contributed by atoms with E-state index in [0.717, 1.165) is 12.8 Å². The van der Waals surface area contributed by atoms with Crippen molar-refractivity contribution in [3.05, 3.63) is 25.4 Å². The van der Waals surface area contributed by atoms with E-state index in [0.29, 0.717) is 20.6 Å². The SMILES string of the molecule is CC1CC(C)CC(n2cnc(Cl)c(I)c2=O)C1. The number of nitrogens with zero attached hydrogens (tertiary/aromatic N) is 2. The van der Waals surface area contributed by atoms with Crippen molar-refractivity contribution in [1.82, 2.24) is 9.55 Å². The van der Waals surface area contributed by atoms with E-state index in [1.165, 1.54) is 6.42 Å². The van der Waals surface area contributed by atoms with Crippen molar-refractivity contribution in [3.8, 4) is 0 Å². The molecule has 3 nitrogen and oxygen atoms in total. The van der Waals surface area contributed by atoms with Crippen LogP contribution < -0.4 is 5.56 Å². The maximum Gasteiger partial charge on any atom is 0.268 e. The molecule has 0 saturated heterocycles. The van der Waals surface area contributed by atoms with E-state index >= 15 is 0 Å². The van der Waals surface area contributed by atoms with Crippen molar-refractivity contribution in [2.75, 3.05) is 0 Å². The van der Waals surface area contributed by atoms with Gasteiger partial charge in [-0.3, -0.25) is 9.36 Å². The molecule has 0 bridgehead atoms. The largest absolute Gasteiger partial charge is 0.295 e. The smallest absolute Gasteiger partial charge is 0.268 e. The third-order valence-electron chi connectivity index (χ3n) is 3.45. The molecule has 0 amide bonds. The van der Waals surface area contributed by atoms with Gasteiger partial charge in [-0.15, -0.1) is 0 Å². The lowest BCUT2D eigenvalue weighted by Gasteiger charge is -2.32. The van der Waals surface area contributed by atoms with Crippen LogP contribution in [0, 0.1) is 15.4 Å². The van der Waals surface area contributed by atoms with Crippen molar-refractivity contribution in [2.45, 2.75) is 39.2 Å². The molecule has 2 unspecified atom stereocenters. The van der Waals surface area contributed by atoms with Crippen LogP contribution in [0.25, 0.3) is 0 Å². The molecule has 1 heterocycles. The van der Waals surface area contributed by atoms with Gasteiger partial charge in [0.2, 0.25) is 0 Å². The highest BCUT2D eigenvalue weighted by Crippen LogP contribution is 2.35. The van der Waals surface area contributed by atoms with Gasteiger partial charge in [-0.25, -0.2) is 4.98 Å². The Morgan fingerprint density at radius 3 is 2.53 bits per heavy atom. The first kappa shape index (κ1) is 13.3. The van der Waals surface area contributed by atoms with Gasteiger partial charge in [-0.05, 0) is 53.7 Å². The number of aromatic nitrogens is 2. The second-order valence-electron chi connectivity index (χ2n) is 5.13. The molecule has 1 aliphatic rings. The van der Waals surface area contributed by atoms with E-state index in [2.05, 4.69) is 18.8 Å². The molecule has 1 aromatic heterocycles. The predicted molar refractivity (Wildman–Crippen MR) is 77.4 cm³/mol. The second-order valence-corrected chi connectivity index (χ2v) is 6.57. The van der Waals surface area contributed by atoms with Crippen molar-refractivity contribution >= 4 is 34.2 Å². The van der Waals surface area contributed by atoms with Crippen molar-refractivity contribution in [3.63, 3.8) is 0 Å². The molecule has 2 atom stereocenters. The minimum Gasteiger partial charge on any atom is -0.295 e. The third kappa shape index (κ3) is 2.84. The number of rotatable bonds is 1. The first-order valence-corrected chi connectivity index (χ1v) is 7.36. The van der Waals surface area contributed by atoms with Gasteiger partial charge < -0.3 is 0 Å². The molecule has 94 valence electrons. The van der Waals surface area contributed by atoms with Gasteiger partial charge in [0, 0.05) is 6.04 Å². The van der Waals surface area contributed by atoms with E-state index in [1.807, 2.05) is 22.6 Å². The standard InChI is InChI=1S/C12H16ClIN2O/c1-7-3-8(2)5-9(4-7)16-6-15-11(13)10(14)12(16)17/h6-9H,3-5H2,1-2H3. The highest BCUT2D eigenvalue weighted by atomic mass is 127. The summed E-state index contributed by atoms with van der Waals surface area (Å²) in [5, 5.41) is 0.309. The van der Waals surface area contributed by atoms with Crippen LogP contribution >= 0.6 is 34.2 Å². The normalized spacial score (nSPS) is 29.3. The van der Waals surface area contributed by atoms with Crippen molar-refractivity contribution < 1.29 is 0 Å². The maximum atomic E-state index is 12.1. The summed E-state index contributed by atoms with van der Waals surface area (Å²) in [5.74, 6) is 1.34. The van der Waals surface area contributed by atoms with Crippen LogP contribution in [0.1, 0.15) is 39.2 Å². The second kappa shape index (κ2) is 5.26. The first-order valence-electron chi connectivity index (χ1n) is 5.91. The van der Waals surface area contributed by atoms with Crippen LogP contribution in [0.3, 0.4) is 0 Å². The van der Waals surface area contributed by atoms with Crippen LogP contribution in [0.2, 0.25) is 5.15 Å². The summed E-state index contributed by atoms with van der Waals surface area (Å²) in [6.45, 7) is 4.50. The van der Waals surface area contributed by atoms with Gasteiger partial charge in [-0.2, -0.15) is 0 Å². The highest BCUT2D eigenvalue weighted by molar-refractivity contribution is 14.1. The van der Waals surface area contributed by atoms with Gasteiger partial charge in [0.15, 0.2) is 0 Å². The Kier molecular flexibility index (Phi) is 4.13. The van der Waals surface area contributed by atoms with Gasteiger partial charge >= 0.3 is 0 Å². The fraction of sp³-hybridized carbons (Fsp3) is 0.667. The van der Waals surface area contributed by atoms with Crippen LogP contribution in [0.15, 0.2) is 11.1 Å². The average Bonchev–Trinajstić information content (AvgIpc) is 2.24. The third-order valence-corrected chi connectivity index (χ3v) is 5.02. The Balaban J connectivity index is 2.34. The summed E-state index contributed by atoms with van der Waals surface area (Å²) in [4.78, 5) is 16.2. The number of hydrogen-bond acceptors (Lipinski definition) is 2.